The molecule has 0 saturated carbocycles. The van der Waals surface area contributed by atoms with Crippen LogP contribution in [-0.4, -0.2) is 37.1 Å². The van der Waals surface area contributed by atoms with E-state index >= 15 is 0 Å². The highest BCUT2D eigenvalue weighted by Crippen LogP contribution is 2.45. The predicted molar refractivity (Wildman–Crippen MR) is 129 cm³/mol. The van der Waals surface area contributed by atoms with Crippen molar-refractivity contribution in [1.82, 2.24) is 5.32 Å². The number of halogens is 3. The number of nitrogens with one attached hydrogen (secondary N) is 1. The van der Waals surface area contributed by atoms with Gasteiger partial charge in [-0.25, -0.2) is 4.79 Å². The normalized spacial score (nSPS) is 19.1. The summed E-state index contributed by atoms with van der Waals surface area (Å²) in [6.07, 6.45) is -4.21. The summed E-state index contributed by atoms with van der Waals surface area (Å²) in [6, 6.07) is 7.52. The van der Waals surface area contributed by atoms with Crippen molar-refractivity contribution < 1.29 is 41.7 Å². The average molecular weight is 524 g/mol. The Labute approximate surface area is 214 Å². The van der Waals surface area contributed by atoms with E-state index in [9.17, 15) is 18.0 Å². The SMILES string of the molecule is CC(C)(C)OC(=O)NCc1cc(-c2ccc(OC(F)(F)F)cc2)c2c(c1C1COC(C)(C)O1)CCCO2. The Bertz CT molecular complexity index is 1140. The number of alkyl halides is 3. The summed E-state index contributed by atoms with van der Waals surface area (Å²) in [5.41, 5.74) is 3.31. The van der Waals surface area contributed by atoms with Crippen molar-refractivity contribution in [2.45, 2.75) is 77.9 Å². The molecule has 1 fully saturated rings. The van der Waals surface area contributed by atoms with E-state index in [1.54, 1.807) is 32.9 Å². The van der Waals surface area contributed by atoms with Crippen molar-refractivity contribution in [2.24, 2.45) is 0 Å². The van der Waals surface area contributed by atoms with Gasteiger partial charge < -0.3 is 29.0 Å². The van der Waals surface area contributed by atoms with Gasteiger partial charge >= 0.3 is 12.5 Å². The van der Waals surface area contributed by atoms with E-state index in [0.29, 0.717) is 36.5 Å². The number of amides is 1. The number of alkyl carbamates (subject to hydrolysis) is 1. The number of hydrogen-bond acceptors (Lipinski definition) is 6. The molecule has 2 aromatic rings. The maximum Gasteiger partial charge on any atom is 0.573 e. The Kier molecular flexibility index (Phi) is 7.36. The molecule has 37 heavy (non-hydrogen) atoms. The number of rotatable bonds is 5. The number of hydrogen-bond donors (Lipinski definition) is 1. The second-order valence-electron chi connectivity index (χ2n) is 10.5. The van der Waals surface area contributed by atoms with Crippen LogP contribution in [0.1, 0.15) is 63.8 Å². The topological polar surface area (TPSA) is 75.3 Å². The van der Waals surface area contributed by atoms with Gasteiger partial charge in [0.15, 0.2) is 5.79 Å². The number of ether oxygens (including phenoxy) is 5. The molecule has 0 spiro atoms. The second-order valence-corrected chi connectivity index (χ2v) is 10.5. The fourth-order valence-electron chi connectivity index (χ4n) is 4.54. The van der Waals surface area contributed by atoms with Crippen molar-refractivity contribution in [3.63, 3.8) is 0 Å². The first-order chi connectivity index (χ1) is 17.2. The molecule has 4 rings (SSSR count). The second kappa shape index (κ2) is 10.1. The third-order valence-corrected chi connectivity index (χ3v) is 5.88. The molecule has 0 aliphatic carbocycles. The molecule has 0 aromatic heterocycles. The maximum absolute atomic E-state index is 12.6. The van der Waals surface area contributed by atoms with Crippen LogP contribution in [0.3, 0.4) is 0 Å². The minimum absolute atomic E-state index is 0.153. The molecular weight excluding hydrogens is 491 g/mol. The highest BCUT2D eigenvalue weighted by Gasteiger charge is 2.38. The van der Waals surface area contributed by atoms with E-state index in [0.717, 1.165) is 23.1 Å². The van der Waals surface area contributed by atoms with Crippen LogP contribution < -0.4 is 14.8 Å². The minimum Gasteiger partial charge on any atom is -0.493 e. The van der Waals surface area contributed by atoms with E-state index in [1.165, 1.54) is 12.1 Å². The number of carbonyl (C=O) groups is 1. The monoisotopic (exact) mass is 523 g/mol. The van der Waals surface area contributed by atoms with Crippen LogP contribution in [0.5, 0.6) is 11.5 Å². The van der Waals surface area contributed by atoms with Gasteiger partial charge in [0.05, 0.1) is 13.2 Å². The lowest BCUT2D eigenvalue weighted by atomic mass is 9.87. The molecule has 1 amide bonds. The van der Waals surface area contributed by atoms with Gasteiger partial charge in [0, 0.05) is 17.7 Å². The van der Waals surface area contributed by atoms with E-state index in [1.807, 2.05) is 19.9 Å². The Morgan fingerprint density at radius 1 is 1.16 bits per heavy atom. The quantitative estimate of drug-likeness (QED) is 0.487. The van der Waals surface area contributed by atoms with Gasteiger partial charge in [-0.2, -0.15) is 0 Å². The van der Waals surface area contributed by atoms with E-state index in [4.69, 9.17) is 18.9 Å². The lowest BCUT2D eigenvalue weighted by Crippen LogP contribution is -2.32. The third kappa shape index (κ3) is 6.87. The third-order valence-electron chi connectivity index (χ3n) is 5.88. The fourth-order valence-corrected chi connectivity index (χ4v) is 4.54. The van der Waals surface area contributed by atoms with Crippen molar-refractivity contribution in [3.8, 4) is 22.6 Å². The lowest BCUT2D eigenvalue weighted by molar-refractivity contribution is -0.274. The largest absolute Gasteiger partial charge is 0.573 e. The van der Waals surface area contributed by atoms with Crippen molar-refractivity contribution in [1.29, 1.82) is 0 Å². The summed E-state index contributed by atoms with van der Waals surface area (Å²) in [5.74, 6) is -0.427. The first-order valence-corrected chi connectivity index (χ1v) is 12.2. The van der Waals surface area contributed by atoms with Crippen LogP contribution in [0.4, 0.5) is 18.0 Å². The van der Waals surface area contributed by atoms with Crippen molar-refractivity contribution >= 4 is 6.09 Å². The molecule has 0 radical (unpaired) electrons. The summed E-state index contributed by atoms with van der Waals surface area (Å²) in [6.45, 7) is 10.0. The molecular formula is C27H32F3NO6. The molecule has 2 aliphatic heterocycles. The van der Waals surface area contributed by atoms with Gasteiger partial charge in [-0.1, -0.05) is 12.1 Å². The smallest absolute Gasteiger partial charge is 0.493 e. The van der Waals surface area contributed by atoms with E-state index in [-0.39, 0.29) is 18.4 Å². The molecule has 2 heterocycles. The summed E-state index contributed by atoms with van der Waals surface area (Å²) in [5, 5.41) is 2.82. The van der Waals surface area contributed by atoms with Gasteiger partial charge in [0.2, 0.25) is 0 Å². The summed E-state index contributed by atoms with van der Waals surface area (Å²) < 4.78 is 65.4. The molecule has 7 nitrogen and oxygen atoms in total. The zero-order chi connectivity index (χ0) is 27.0. The van der Waals surface area contributed by atoms with E-state index in [2.05, 4.69) is 10.1 Å². The molecule has 1 saturated heterocycles. The molecule has 1 unspecified atom stereocenters. The van der Waals surface area contributed by atoms with Crippen LogP contribution in [0.15, 0.2) is 30.3 Å². The summed E-state index contributed by atoms with van der Waals surface area (Å²) in [4.78, 5) is 12.4. The van der Waals surface area contributed by atoms with Crippen LogP contribution in [-0.2, 0) is 27.2 Å². The molecule has 0 bridgehead atoms. The molecule has 2 aliphatic rings. The van der Waals surface area contributed by atoms with Gasteiger partial charge in [0.1, 0.15) is 23.2 Å². The minimum atomic E-state index is -4.77. The Balaban J connectivity index is 1.75. The zero-order valence-electron chi connectivity index (χ0n) is 21.6. The van der Waals surface area contributed by atoms with Crippen LogP contribution >= 0.6 is 0 Å². The van der Waals surface area contributed by atoms with Gasteiger partial charge in [-0.15, -0.1) is 13.2 Å². The van der Waals surface area contributed by atoms with Gasteiger partial charge in [0.25, 0.3) is 0 Å². The first-order valence-electron chi connectivity index (χ1n) is 12.2. The van der Waals surface area contributed by atoms with Gasteiger partial charge in [-0.3, -0.25) is 0 Å². The highest BCUT2D eigenvalue weighted by atomic mass is 19.4. The summed E-state index contributed by atoms with van der Waals surface area (Å²) in [7, 11) is 0. The molecule has 2 aromatic carbocycles. The van der Waals surface area contributed by atoms with E-state index < -0.39 is 23.8 Å². The van der Waals surface area contributed by atoms with Crippen molar-refractivity contribution in [3.05, 3.63) is 47.0 Å². The lowest BCUT2D eigenvalue weighted by Gasteiger charge is -2.29. The average Bonchev–Trinajstić information content (AvgIpc) is 3.14. The molecule has 10 heteroatoms. The van der Waals surface area contributed by atoms with Crippen LogP contribution in [0.2, 0.25) is 0 Å². The fraction of sp³-hybridized carbons (Fsp3) is 0.519. The van der Waals surface area contributed by atoms with Gasteiger partial charge in [-0.05, 0) is 82.3 Å². The number of benzene rings is 2. The number of fused-ring (bicyclic) bond motifs is 1. The first kappa shape index (κ1) is 27.1. The Hall–Kier alpha value is -2.98. The van der Waals surface area contributed by atoms with Crippen LogP contribution in [0.25, 0.3) is 11.1 Å². The molecule has 1 N–H and O–H groups in total. The summed E-state index contributed by atoms with van der Waals surface area (Å²) >= 11 is 0. The molecule has 202 valence electrons. The maximum atomic E-state index is 12.6. The Morgan fingerprint density at radius 2 is 1.86 bits per heavy atom. The zero-order valence-corrected chi connectivity index (χ0v) is 21.6. The molecule has 1 atom stereocenters. The van der Waals surface area contributed by atoms with Crippen LogP contribution in [0, 0.1) is 0 Å². The number of carbonyl (C=O) groups excluding carboxylic acids is 1. The predicted octanol–water partition coefficient (Wildman–Crippen LogP) is 6.43. The standard InChI is InChI=1S/C27H32F3NO6/c1-25(2,3)37-24(32)31-14-17-13-20(16-8-10-18(11-9-16)35-27(28,29)30)23-19(7-6-12-33-23)22(17)21-15-34-26(4,5)36-21/h8-11,13,21H,6-7,12,14-15H2,1-5H3,(H,31,32). The Morgan fingerprint density at radius 3 is 2.46 bits per heavy atom. The highest BCUT2D eigenvalue weighted by molar-refractivity contribution is 5.76. The van der Waals surface area contributed by atoms with Crippen molar-refractivity contribution in [2.75, 3.05) is 13.2 Å².